The van der Waals surface area contributed by atoms with Crippen LogP contribution >= 0.6 is 34.7 Å². The molecule has 3 aromatic rings. The maximum absolute atomic E-state index is 12.1. The van der Waals surface area contributed by atoms with Crippen LogP contribution < -0.4 is 5.32 Å². The van der Waals surface area contributed by atoms with Gasteiger partial charge in [-0.1, -0.05) is 23.2 Å². The summed E-state index contributed by atoms with van der Waals surface area (Å²) in [5, 5.41) is 10.1. The van der Waals surface area contributed by atoms with Crippen LogP contribution in [0.15, 0.2) is 17.5 Å². The second kappa shape index (κ2) is 8.86. The van der Waals surface area contributed by atoms with Crippen LogP contribution in [0.3, 0.4) is 0 Å². The Balaban J connectivity index is 1.77. The van der Waals surface area contributed by atoms with Crippen LogP contribution in [-0.2, 0) is 17.7 Å². The Morgan fingerprint density at radius 3 is 2.75 bits per heavy atom. The molecule has 3 heterocycles. The molecule has 0 atom stereocenters. The molecular weight excluding hydrogens is 436 g/mol. The predicted octanol–water partition coefficient (Wildman–Crippen LogP) is 5.88. The zero-order chi connectivity index (χ0) is 20.3. The molecule has 0 aliphatic heterocycles. The van der Waals surface area contributed by atoms with E-state index in [0.29, 0.717) is 24.5 Å². The van der Waals surface area contributed by atoms with Gasteiger partial charge in [0.15, 0.2) is 5.15 Å². The van der Waals surface area contributed by atoms with E-state index in [9.17, 15) is 13.2 Å². The topological polar surface area (TPSA) is 51.5 Å². The maximum Gasteiger partial charge on any atom is 0.522 e. The number of halogens is 5. The number of hydrogen-bond acceptors (Lipinski definition) is 5. The van der Waals surface area contributed by atoms with Gasteiger partial charge in [-0.2, -0.15) is 9.47 Å². The Bertz CT molecular complexity index is 944. The molecule has 0 amide bonds. The first-order valence-electron chi connectivity index (χ1n) is 8.46. The molecule has 1 N–H and O–H groups in total. The summed E-state index contributed by atoms with van der Waals surface area (Å²) >= 11 is 14.0. The molecule has 3 rings (SSSR count). The van der Waals surface area contributed by atoms with Crippen LogP contribution in [-0.4, -0.2) is 27.0 Å². The number of hydrogen-bond donors (Lipinski definition) is 1. The summed E-state index contributed by atoms with van der Waals surface area (Å²) < 4.78 is 45.8. The zero-order valence-corrected chi connectivity index (χ0v) is 17.1. The Morgan fingerprint density at radius 1 is 1.29 bits per heavy atom. The highest BCUT2D eigenvalue weighted by molar-refractivity contribution is 7.03. The maximum atomic E-state index is 12.1. The first-order valence-corrected chi connectivity index (χ1v) is 10.1. The molecule has 0 aliphatic rings. The molecule has 0 saturated heterocycles. The number of fused-ring (bicyclic) bond motifs is 1. The average molecular weight is 453 g/mol. The van der Waals surface area contributed by atoms with E-state index in [1.165, 1.54) is 11.5 Å². The predicted molar refractivity (Wildman–Crippen MR) is 104 cm³/mol. The third kappa shape index (κ3) is 5.08. The second-order valence-electron chi connectivity index (χ2n) is 6.13. The number of rotatable bonds is 8. The van der Waals surface area contributed by atoms with Crippen LogP contribution in [0, 0.1) is 6.92 Å². The largest absolute Gasteiger partial charge is 0.522 e. The number of ether oxygens (including phenoxy) is 1. The molecule has 152 valence electrons. The van der Waals surface area contributed by atoms with E-state index < -0.39 is 6.36 Å². The van der Waals surface area contributed by atoms with Crippen molar-refractivity contribution in [2.75, 3.05) is 11.9 Å². The number of nitrogens with one attached hydrogen (secondary N) is 1. The summed E-state index contributed by atoms with van der Waals surface area (Å²) in [6, 6.07) is 3.64. The van der Waals surface area contributed by atoms with Crippen molar-refractivity contribution in [3.05, 3.63) is 44.6 Å². The van der Waals surface area contributed by atoms with Gasteiger partial charge in [-0.3, -0.25) is 4.74 Å². The van der Waals surface area contributed by atoms with Gasteiger partial charge in [-0.05, 0) is 54.9 Å². The highest BCUT2D eigenvalue weighted by Gasteiger charge is 2.28. The third-order valence-electron chi connectivity index (χ3n) is 4.21. The summed E-state index contributed by atoms with van der Waals surface area (Å²) in [5.74, 6) is 0. The molecule has 0 spiro atoms. The van der Waals surface area contributed by atoms with Crippen LogP contribution in [0.5, 0.6) is 0 Å². The van der Waals surface area contributed by atoms with Crippen molar-refractivity contribution >= 4 is 45.9 Å². The fourth-order valence-corrected chi connectivity index (χ4v) is 4.02. The minimum atomic E-state index is -4.60. The number of anilines is 1. The first kappa shape index (κ1) is 21.2. The molecule has 0 radical (unpaired) electrons. The summed E-state index contributed by atoms with van der Waals surface area (Å²) in [7, 11) is 0. The SMILES string of the molecule is Cc1c(CCCCOC(F)(F)F)c(Cl)n2nc(Cl)cc(NCc3ccsn3)c12. The number of aromatic nitrogens is 3. The van der Waals surface area contributed by atoms with Gasteiger partial charge in [0.1, 0.15) is 5.15 Å². The number of alkyl halides is 3. The van der Waals surface area contributed by atoms with Crippen molar-refractivity contribution in [2.45, 2.75) is 39.1 Å². The molecule has 5 nitrogen and oxygen atoms in total. The van der Waals surface area contributed by atoms with Gasteiger partial charge in [0.25, 0.3) is 0 Å². The van der Waals surface area contributed by atoms with Crippen LogP contribution in [0.2, 0.25) is 10.3 Å². The Kier molecular flexibility index (Phi) is 6.69. The second-order valence-corrected chi connectivity index (χ2v) is 7.54. The van der Waals surface area contributed by atoms with E-state index in [4.69, 9.17) is 23.2 Å². The van der Waals surface area contributed by atoms with Crippen molar-refractivity contribution in [1.29, 1.82) is 0 Å². The highest BCUT2D eigenvalue weighted by Crippen LogP contribution is 2.33. The summed E-state index contributed by atoms with van der Waals surface area (Å²) in [6.07, 6.45) is -3.32. The first-order chi connectivity index (χ1) is 13.3. The molecule has 0 unspecified atom stereocenters. The molecule has 3 aromatic heterocycles. The van der Waals surface area contributed by atoms with Crippen LogP contribution in [0.4, 0.5) is 18.9 Å². The highest BCUT2D eigenvalue weighted by atomic mass is 35.5. The lowest BCUT2D eigenvalue weighted by molar-refractivity contribution is -0.324. The van der Waals surface area contributed by atoms with Gasteiger partial charge >= 0.3 is 6.36 Å². The normalized spacial score (nSPS) is 12.1. The van der Waals surface area contributed by atoms with Gasteiger partial charge in [0, 0.05) is 11.4 Å². The zero-order valence-electron chi connectivity index (χ0n) is 14.8. The minimum absolute atomic E-state index is 0.268. The molecule has 0 saturated carbocycles. The molecular formula is C17H17Cl2F3N4OS. The number of nitrogens with zero attached hydrogens (tertiary/aromatic N) is 3. The van der Waals surface area contributed by atoms with E-state index in [0.717, 1.165) is 28.0 Å². The fraction of sp³-hybridized carbons (Fsp3) is 0.412. The molecule has 0 aromatic carbocycles. The average Bonchev–Trinajstić information content (AvgIpc) is 3.21. The van der Waals surface area contributed by atoms with Crippen LogP contribution in [0.25, 0.3) is 5.52 Å². The molecule has 0 fully saturated rings. The van der Waals surface area contributed by atoms with Crippen molar-refractivity contribution in [3.63, 3.8) is 0 Å². The van der Waals surface area contributed by atoms with Crippen molar-refractivity contribution in [1.82, 2.24) is 14.0 Å². The summed E-state index contributed by atoms with van der Waals surface area (Å²) in [5.41, 5.74) is 4.19. The van der Waals surface area contributed by atoms with E-state index in [1.807, 2.05) is 18.4 Å². The lowest BCUT2D eigenvalue weighted by atomic mass is 10.1. The van der Waals surface area contributed by atoms with E-state index in [-0.39, 0.29) is 18.2 Å². The molecule has 11 heteroatoms. The van der Waals surface area contributed by atoms with Gasteiger partial charge in [-0.15, -0.1) is 13.2 Å². The van der Waals surface area contributed by atoms with Gasteiger partial charge in [0.05, 0.1) is 30.0 Å². The third-order valence-corrected chi connectivity index (χ3v) is 5.38. The fourth-order valence-electron chi connectivity index (χ4n) is 2.94. The Morgan fingerprint density at radius 2 is 2.07 bits per heavy atom. The Hall–Kier alpha value is -1.55. The van der Waals surface area contributed by atoms with E-state index >= 15 is 0 Å². The smallest absolute Gasteiger partial charge is 0.378 e. The van der Waals surface area contributed by atoms with Gasteiger partial charge in [0.2, 0.25) is 0 Å². The van der Waals surface area contributed by atoms with E-state index in [1.54, 1.807) is 10.6 Å². The quantitative estimate of drug-likeness (QED) is 0.433. The lowest BCUT2D eigenvalue weighted by Gasteiger charge is -2.09. The summed E-state index contributed by atoms with van der Waals surface area (Å²) in [6.45, 7) is 2.05. The van der Waals surface area contributed by atoms with Crippen molar-refractivity contribution in [3.8, 4) is 0 Å². The minimum Gasteiger partial charge on any atom is -0.378 e. The van der Waals surface area contributed by atoms with Gasteiger partial charge < -0.3 is 5.32 Å². The number of aryl methyl sites for hydroxylation is 1. The summed E-state index contributed by atoms with van der Waals surface area (Å²) in [4.78, 5) is 0. The van der Waals surface area contributed by atoms with Crippen molar-refractivity contribution < 1.29 is 17.9 Å². The Labute approximate surface area is 173 Å². The number of unbranched alkanes of at least 4 members (excludes halogenated alkanes) is 1. The monoisotopic (exact) mass is 452 g/mol. The molecule has 0 bridgehead atoms. The van der Waals surface area contributed by atoms with E-state index in [2.05, 4.69) is 19.5 Å². The molecule has 28 heavy (non-hydrogen) atoms. The van der Waals surface area contributed by atoms with Crippen LogP contribution in [0.1, 0.15) is 29.7 Å². The molecule has 0 aliphatic carbocycles. The lowest BCUT2D eigenvalue weighted by Crippen LogP contribution is -2.14. The van der Waals surface area contributed by atoms with Gasteiger partial charge in [-0.25, -0.2) is 4.52 Å². The van der Waals surface area contributed by atoms with Crippen molar-refractivity contribution in [2.24, 2.45) is 0 Å². The standard InChI is InChI=1S/C17H17Cl2F3N4OS/c1-10-12(4-2-3-6-27-17(20,21)22)16(19)26-15(10)13(8-14(18)24-26)23-9-11-5-7-28-25-11/h5,7-8,23H,2-4,6,9H2,1H3.